The van der Waals surface area contributed by atoms with Gasteiger partial charge in [-0.05, 0) is 42.3 Å². The van der Waals surface area contributed by atoms with Gasteiger partial charge in [-0.2, -0.15) is 0 Å². The van der Waals surface area contributed by atoms with E-state index in [0.29, 0.717) is 29.2 Å². The van der Waals surface area contributed by atoms with E-state index in [1.54, 1.807) is 30.3 Å². The highest BCUT2D eigenvalue weighted by atomic mass is 19.1. The summed E-state index contributed by atoms with van der Waals surface area (Å²) in [6, 6.07) is 23.1. The number of aryl methyl sites for hydroxylation is 1. The van der Waals surface area contributed by atoms with Gasteiger partial charge >= 0.3 is 0 Å². The van der Waals surface area contributed by atoms with Gasteiger partial charge in [-0.15, -0.1) is 0 Å². The third-order valence-electron chi connectivity index (χ3n) is 3.71. The van der Waals surface area contributed by atoms with E-state index < -0.39 is 0 Å². The van der Waals surface area contributed by atoms with Crippen LogP contribution in [0.4, 0.5) is 10.1 Å². The Kier molecular flexibility index (Phi) is 5.42. The van der Waals surface area contributed by atoms with Gasteiger partial charge in [0.15, 0.2) is 5.75 Å². The van der Waals surface area contributed by atoms with Crippen molar-refractivity contribution >= 4 is 11.6 Å². The van der Waals surface area contributed by atoms with Gasteiger partial charge in [0, 0.05) is 6.42 Å². The van der Waals surface area contributed by atoms with Crippen LogP contribution in [0.15, 0.2) is 78.9 Å². The Bertz CT molecular complexity index is 849. The molecule has 3 nitrogen and oxygen atoms in total. The molecule has 0 bridgehead atoms. The summed E-state index contributed by atoms with van der Waals surface area (Å²) in [4.78, 5) is 12.2. The Labute approximate surface area is 146 Å². The Hall–Kier alpha value is -3.14. The van der Waals surface area contributed by atoms with Gasteiger partial charge in [0.25, 0.3) is 0 Å². The van der Waals surface area contributed by atoms with Crippen molar-refractivity contribution < 1.29 is 13.9 Å². The van der Waals surface area contributed by atoms with E-state index in [9.17, 15) is 9.18 Å². The Morgan fingerprint density at radius 2 is 1.56 bits per heavy atom. The fraction of sp³-hybridized carbons (Fsp3) is 0.0952. The molecule has 3 aromatic carbocycles. The van der Waals surface area contributed by atoms with Crippen LogP contribution in [0.3, 0.4) is 0 Å². The Balaban J connectivity index is 1.64. The van der Waals surface area contributed by atoms with E-state index in [0.717, 1.165) is 0 Å². The molecule has 0 spiro atoms. The van der Waals surface area contributed by atoms with Crippen LogP contribution < -0.4 is 10.1 Å². The van der Waals surface area contributed by atoms with Crippen LogP contribution in [0, 0.1) is 5.82 Å². The first-order valence-corrected chi connectivity index (χ1v) is 8.07. The second-order valence-electron chi connectivity index (χ2n) is 5.55. The van der Waals surface area contributed by atoms with Crippen molar-refractivity contribution in [3.05, 3.63) is 90.2 Å². The van der Waals surface area contributed by atoms with Gasteiger partial charge < -0.3 is 10.1 Å². The molecule has 0 aliphatic rings. The molecule has 1 amide bonds. The standard InChI is InChI=1S/C21H18FNO2/c22-18-11-5-4-8-16(18)14-15-21(24)23-19-12-6-7-13-20(19)25-17-9-2-1-3-10-17/h1-13H,14-15H2,(H,23,24). The normalized spacial score (nSPS) is 10.3. The smallest absolute Gasteiger partial charge is 0.224 e. The summed E-state index contributed by atoms with van der Waals surface area (Å²) in [5, 5.41) is 2.83. The summed E-state index contributed by atoms with van der Waals surface area (Å²) in [7, 11) is 0. The number of anilines is 1. The molecule has 0 radical (unpaired) electrons. The molecule has 0 heterocycles. The minimum absolute atomic E-state index is 0.188. The first kappa shape index (κ1) is 16.7. The molecule has 3 rings (SSSR count). The van der Waals surface area contributed by atoms with E-state index in [4.69, 9.17) is 4.74 Å². The van der Waals surface area contributed by atoms with E-state index in [2.05, 4.69) is 5.32 Å². The van der Waals surface area contributed by atoms with E-state index in [1.165, 1.54) is 6.07 Å². The molecule has 0 atom stereocenters. The third kappa shape index (κ3) is 4.67. The van der Waals surface area contributed by atoms with Crippen LogP contribution in [0.1, 0.15) is 12.0 Å². The third-order valence-corrected chi connectivity index (χ3v) is 3.71. The maximum Gasteiger partial charge on any atom is 0.224 e. The van der Waals surface area contributed by atoms with Crippen LogP contribution in [-0.4, -0.2) is 5.91 Å². The number of amides is 1. The number of benzene rings is 3. The minimum atomic E-state index is -0.289. The molecule has 0 aliphatic heterocycles. The molecule has 0 saturated carbocycles. The first-order valence-electron chi connectivity index (χ1n) is 8.07. The molecule has 0 fully saturated rings. The summed E-state index contributed by atoms with van der Waals surface area (Å²) in [5.41, 5.74) is 1.12. The Morgan fingerprint density at radius 3 is 2.36 bits per heavy atom. The quantitative estimate of drug-likeness (QED) is 0.673. The number of carbonyl (C=O) groups is 1. The highest BCUT2D eigenvalue weighted by Crippen LogP contribution is 2.29. The van der Waals surface area contributed by atoms with Crippen molar-refractivity contribution in [3.8, 4) is 11.5 Å². The fourth-order valence-electron chi connectivity index (χ4n) is 2.44. The van der Waals surface area contributed by atoms with Gasteiger partial charge in [0.1, 0.15) is 11.6 Å². The summed E-state index contributed by atoms with van der Waals surface area (Å²) >= 11 is 0. The molecule has 3 aromatic rings. The average Bonchev–Trinajstić information content (AvgIpc) is 2.64. The molecular weight excluding hydrogens is 317 g/mol. The molecule has 0 saturated heterocycles. The zero-order chi connectivity index (χ0) is 17.5. The van der Waals surface area contributed by atoms with Crippen molar-refractivity contribution in [1.82, 2.24) is 0 Å². The molecule has 126 valence electrons. The predicted octanol–water partition coefficient (Wildman–Crippen LogP) is 5.19. The monoisotopic (exact) mass is 335 g/mol. The molecule has 1 N–H and O–H groups in total. The second kappa shape index (κ2) is 8.11. The van der Waals surface area contributed by atoms with E-state index >= 15 is 0 Å². The second-order valence-corrected chi connectivity index (χ2v) is 5.55. The number of ether oxygens (including phenoxy) is 1. The fourth-order valence-corrected chi connectivity index (χ4v) is 2.44. The lowest BCUT2D eigenvalue weighted by Gasteiger charge is -2.12. The molecule has 0 unspecified atom stereocenters. The van der Waals surface area contributed by atoms with Crippen LogP contribution in [-0.2, 0) is 11.2 Å². The van der Waals surface area contributed by atoms with Crippen LogP contribution in [0.5, 0.6) is 11.5 Å². The Morgan fingerprint density at radius 1 is 0.880 bits per heavy atom. The lowest BCUT2D eigenvalue weighted by atomic mass is 10.1. The summed E-state index contributed by atoms with van der Waals surface area (Å²) < 4.78 is 19.4. The SMILES string of the molecule is O=C(CCc1ccccc1F)Nc1ccccc1Oc1ccccc1. The number of nitrogens with one attached hydrogen (secondary N) is 1. The van der Waals surface area contributed by atoms with Gasteiger partial charge in [0.2, 0.25) is 5.91 Å². The highest BCUT2D eigenvalue weighted by Gasteiger charge is 2.10. The minimum Gasteiger partial charge on any atom is -0.455 e. The van der Waals surface area contributed by atoms with E-state index in [-0.39, 0.29) is 18.1 Å². The zero-order valence-electron chi connectivity index (χ0n) is 13.6. The van der Waals surface area contributed by atoms with Gasteiger partial charge in [-0.1, -0.05) is 48.5 Å². The maximum absolute atomic E-state index is 13.6. The number of halogens is 1. The summed E-state index contributed by atoms with van der Waals surface area (Å²) in [6.45, 7) is 0. The van der Waals surface area contributed by atoms with Crippen molar-refractivity contribution in [1.29, 1.82) is 0 Å². The van der Waals surface area contributed by atoms with Crippen molar-refractivity contribution in [2.24, 2.45) is 0 Å². The molecule has 25 heavy (non-hydrogen) atoms. The topological polar surface area (TPSA) is 38.3 Å². The van der Waals surface area contributed by atoms with E-state index in [1.807, 2.05) is 42.5 Å². The molecule has 4 heteroatoms. The number of rotatable bonds is 6. The largest absolute Gasteiger partial charge is 0.455 e. The average molecular weight is 335 g/mol. The van der Waals surface area contributed by atoms with Crippen LogP contribution in [0.2, 0.25) is 0 Å². The zero-order valence-corrected chi connectivity index (χ0v) is 13.6. The lowest BCUT2D eigenvalue weighted by Crippen LogP contribution is -2.13. The van der Waals surface area contributed by atoms with Crippen molar-refractivity contribution in [2.45, 2.75) is 12.8 Å². The van der Waals surface area contributed by atoms with Gasteiger partial charge in [0.05, 0.1) is 5.69 Å². The predicted molar refractivity (Wildman–Crippen MR) is 96.3 cm³/mol. The van der Waals surface area contributed by atoms with Crippen molar-refractivity contribution in [2.75, 3.05) is 5.32 Å². The number of carbonyl (C=O) groups excluding carboxylic acids is 1. The summed E-state index contributed by atoms with van der Waals surface area (Å²) in [6.07, 6.45) is 0.542. The molecular formula is C21H18FNO2. The lowest BCUT2D eigenvalue weighted by molar-refractivity contribution is -0.116. The number of para-hydroxylation sites is 3. The van der Waals surface area contributed by atoms with Crippen LogP contribution >= 0.6 is 0 Å². The van der Waals surface area contributed by atoms with Crippen LogP contribution in [0.25, 0.3) is 0 Å². The van der Waals surface area contributed by atoms with Gasteiger partial charge in [-0.3, -0.25) is 4.79 Å². The number of hydrogen-bond acceptors (Lipinski definition) is 2. The summed E-state index contributed by atoms with van der Waals surface area (Å²) in [5.74, 6) is 0.777. The molecule has 0 aliphatic carbocycles. The maximum atomic E-state index is 13.6. The number of hydrogen-bond donors (Lipinski definition) is 1. The molecule has 0 aromatic heterocycles. The van der Waals surface area contributed by atoms with Gasteiger partial charge in [-0.25, -0.2) is 4.39 Å². The highest BCUT2D eigenvalue weighted by molar-refractivity contribution is 5.92. The first-order chi connectivity index (χ1) is 12.2. The van der Waals surface area contributed by atoms with Crippen molar-refractivity contribution in [3.63, 3.8) is 0 Å².